The molecule has 0 aromatic carbocycles. The molecular weight excluding hydrogens is 194 g/mol. The Morgan fingerprint density at radius 3 is 2.70 bits per heavy atom. The first-order valence-electron chi connectivity index (χ1n) is 3.64. The summed E-state index contributed by atoms with van der Waals surface area (Å²) in [5.74, 6) is 0.0797. The van der Waals surface area contributed by atoms with E-state index in [2.05, 4.69) is 28.2 Å². The molecule has 1 N–H and O–H groups in total. The molecule has 60 valence electrons. The van der Waals surface area contributed by atoms with Crippen molar-refractivity contribution in [1.29, 1.82) is 0 Å². The van der Waals surface area contributed by atoms with Crippen molar-refractivity contribution in [3.8, 4) is 0 Å². The number of unbranched alkanes of at least 4 members (excludes halogenated alkanes) is 2. The summed E-state index contributed by atoms with van der Waals surface area (Å²) in [5, 5.41) is 3.20. The molecule has 0 unspecified atom stereocenters. The Morgan fingerprint density at radius 1 is 1.50 bits per heavy atom. The van der Waals surface area contributed by atoms with Crippen LogP contribution in [0.3, 0.4) is 0 Å². The van der Waals surface area contributed by atoms with E-state index in [4.69, 9.17) is 0 Å². The summed E-state index contributed by atoms with van der Waals surface area (Å²) in [6, 6.07) is 0. The Balaban J connectivity index is 2.96. The lowest BCUT2D eigenvalue weighted by Gasteiger charge is -2.00. The predicted octanol–water partition coefficient (Wildman–Crippen LogP) is 1.69. The summed E-state index contributed by atoms with van der Waals surface area (Å²) in [6.07, 6.45) is 3.49. The lowest BCUT2D eigenvalue weighted by molar-refractivity contribution is -0.118. The number of hydrogen-bond donors (Lipinski definition) is 1. The van der Waals surface area contributed by atoms with Gasteiger partial charge in [-0.2, -0.15) is 0 Å². The zero-order chi connectivity index (χ0) is 7.82. The molecule has 2 nitrogen and oxygen atoms in total. The fourth-order valence-corrected chi connectivity index (χ4v) is 0.848. The topological polar surface area (TPSA) is 29.1 Å². The number of halogens is 1. The number of hydrogen-bond acceptors (Lipinski definition) is 1. The molecule has 0 saturated heterocycles. The molecule has 0 aliphatic heterocycles. The van der Waals surface area contributed by atoms with Crippen LogP contribution in [-0.4, -0.2) is 17.8 Å². The number of alkyl halides is 1. The largest absolute Gasteiger partial charge is 0.355 e. The molecule has 0 aromatic rings. The Kier molecular flexibility index (Phi) is 7.03. The second-order valence-corrected chi connectivity index (χ2v) is 2.75. The van der Waals surface area contributed by atoms with E-state index in [1.165, 1.54) is 12.8 Å². The van der Waals surface area contributed by atoms with Crippen LogP contribution in [0.1, 0.15) is 26.2 Å². The minimum absolute atomic E-state index is 0.0797. The van der Waals surface area contributed by atoms with E-state index in [0.29, 0.717) is 5.33 Å². The van der Waals surface area contributed by atoms with Gasteiger partial charge in [0.25, 0.3) is 0 Å². The highest BCUT2D eigenvalue weighted by Crippen LogP contribution is 1.91. The Bertz CT molecular complexity index is 95.6. The average molecular weight is 208 g/mol. The predicted molar refractivity (Wildman–Crippen MR) is 46.3 cm³/mol. The summed E-state index contributed by atoms with van der Waals surface area (Å²) < 4.78 is 0. The second-order valence-electron chi connectivity index (χ2n) is 2.19. The lowest BCUT2D eigenvalue weighted by atomic mass is 10.2. The maximum atomic E-state index is 10.6. The third-order valence-corrected chi connectivity index (χ3v) is 1.73. The second kappa shape index (κ2) is 7.06. The van der Waals surface area contributed by atoms with Gasteiger partial charge < -0.3 is 5.32 Å². The van der Waals surface area contributed by atoms with Crippen LogP contribution in [0.4, 0.5) is 0 Å². The zero-order valence-electron chi connectivity index (χ0n) is 6.32. The minimum atomic E-state index is 0.0797. The van der Waals surface area contributed by atoms with Crippen molar-refractivity contribution in [3.05, 3.63) is 0 Å². The number of carbonyl (C=O) groups is 1. The van der Waals surface area contributed by atoms with Crippen LogP contribution in [0.25, 0.3) is 0 Å². The first-order chi connectivity index (χ1) is 4.81. The van der Waals surface area contributed by atoms with Gasteiger partial charge in [-0.25, -0.2) is 0 Å². The van der Waals surface area contributed by atoms with Gasteiger partial charge in [0.05, 0.1) is 5.33 Å². The lowest BCUT2D eigenvalue weighted by Crippen LogP contribution is -2.25. The number of nitrogens with one attached hydrogen (secondary N) is 1. The van der Waals surface area contributed by atoms with E-state index in [0.717, 1.165) is 13.0 Å². The molecule has 0 saturated carbocycles. The standard InChI is InChI=1S/C7H14BrNO/c1-2-3-4-5-9-7(10)6-8/h2-6H2,1H3,(H,9,10). The summed E-state index contributed by atoms with van der Waals surface area (Å²) in [4.78, 5) is 10.6. The molecule has 0 aliphatic carbocycles. The summed E-state index contributed by atoms with van der Waals surface area (Å²) in [5.41, 5.74) is 0. The first kappa shape index (κ1) is 9.95. The van der Waals surface area contributed by atoms with Crippen LogP contribution in [0, 0.1) is 0 Å². The number of carbonyl (C=O) groups excluding carboxylic acids is 1. The molecule has 0 rings (SSSR count). The maximum Gasteiger partial charge on any atom is 0.230 e. The zero-order valence-corrected chi connectivity index (χ0v) is 7.91. The van der Waals surface area contributed by atoms with Gasteiger partial charge in [0.15, 0.2) is 0 Å². The van der Waals surface area contributed by atoms with Crippen molar-refractivity contribution in [2.45, 2.75) is 26.2 Å². The van der Waals surface area contributed by atoms with Crippen LogP contribution in [0.15, 0.2) is 0 Å². The number of rotatable bonds is 5. The maximum absolute atomic E-state index is 10.6. The normalized spacial score (nSPS) is 9.40. The summed E-state index contributed by atoms with van der Waals surface area (Å²) >= 11 is 3.07. The Hall–Kier alpha value is -0.0500. The molecule has 1 amide bonds. The molecular formula is C7H14BrNO. The van der Waals surface area contributed by atoms with E-state index in [9.17, 15) is 4.79 Å². The molecule has 0 bridgehead atoms. The third kappa shape index (κ3) is 6.08. The molecule has 0 atom stereocenters. The van der Waals surface area contributed by atoms with E-state index in [1.807, 2.05) is 0 Å². The van der Waals surface area contributed by atoms with E-state index in [1.54, 1.807) is 0 Å². The quantitative estimate of drug-likeness (QED) is 0.540. The monoisotopic (exact) mass is 207 g/mol. The van der Waals surface area contributed by atoms with Crippen molar-refractivity contribution in [3.63, 3.8) is 0 Å². The number of amides is 1. The van der Waals surface area contributed by atoms with Crippen molar-refractivity contribution >= 4 is 21.8 Å². The smallest absolute Gasteiger partial charge is 0.230 e. The van der Waals surface area contributed by atoms with Gasteiger partial charge in [0.1, 0.15) is 0 Å². The molecule has 0 heterocycles. The molecule has 0 fully saturated rings. The molecule has 0 radical (unpaired) electrons. The van der Waals surface area contributed by atoms with Gasteiger partial charge in [-0.3, -0.25) is 4.79 Å². The van der Waals surface area contributed by atoms with Gasteiger partial charge in [-0.15, -0.1) is 0 Å². The van der Waals surface area contributed by atoms with E-state index < -0.39 is 0 Å². The van der Waals surface area contributed by atoms with Crippen molar-refractivity contribution in [2.75, 3.05) is 11.9 Å². The van der Waals surface area contributed by atoms with Crippen LogP contribution >= 0.6 is 15.9 Å². The SMILES string of the molecule is CCCCCNC(=O)CBr. The molecule has 10 heavy (non-hydrogen) atoms. The molecule has 0 spiro atoms. The van der Waals surface area contributed by atoms with Gasteiger partial charge in [-0.1, -0.05) is 35.7 Å². The van der Waals surface area contributed by atoms with Crippen molar-refractivity contribution < 1.29 is 4.79 Å². The highest BCUT2D eigenvalue weighted by atomic mass is 79.9. The third-order valence-electron chi connectivity index (χ3n) is 1.22. The van der Waals surface area contributed by atoms with Crippen molar-refractivity contribution in [2.24, 2.45) is 0 Å². The summed E-state index contributed by atoms with van der Waals surface area (Å²) in [6.45, 7) is 2.96. The van der Waals surface area contributed by atoms with Gasteiger partial charge in [-0.05, 0) is 6.42 Å². The highest BCUT2D eigenvalue weighted by molar-refractivity contribution is 9.09. The van der Waals surface area contributed by atoms with Crippen LogP contribution < -0.4 is 5.32 Å². The Labute approximate surface area is 70.5 Å². The van der Waals surface area contributed by atoms with Gasteiger partial charge in [0, 0.05) is 6.54 Å². The fourth-order valence-electron chi connectivity index (χ4n) is 0.650. The molecule has 3 heteroatoms. The van der Waals surface area contributed by atoms with E-state index >= 15 is 0 Å². The summed E-state index contributed by atoms with van der Waals surface area (Å²) in [7, 11) is 0. The first-order valence-corrected chi connectivity index (χ1v) is 4.76. The minimum Gasteiger partial charge on any atom is -0.355 e. The van der Waals surface area contributed by atoms with Gasteiger partial charge >= 0.3 is 0 Å². The average Bonchev–Trinajstić information content (AvgIpc) is 1.98. The fraction of sp³-hybridized carbons (Fsp3) is 0.857. The van der Waals surface area contributed by atoms with Crippen LogP contribution in [0.5, 0.6) is 0 Å². The molecule has 0 aliphatic rings. The van der Waals surface area contributed by atoms with Gasteiger partial charge in [0.2, 0.25) is 5.91 Å². The van der Waals surface area contributed by atoms with E-state index in [-0.39, 0.29) is 5.91 Å². The highest BCUT2D eigenvalue weighted by Gasteiger charge is 1.94. The molecule has 0 aromatic heterocycles. The van der Waals surface area contributed by atoms with Crippen LogP contribution in [-0.2, 0) is 4.79 Å². The van der Waals surface area contributed by atoms with Crippen molar-refractivity contribution in [1.82, 2.24) is 5.32 Å². The van der Waals surface area contributed by atoms with Crippen LogP contribution in [0.2, 0.25) is 0 Å². The Morgan fingerprint density at radius 2 is 2.20 bits per heavy atom.